The van der Waals surface area contributed by atoms with Gasteiger partial charge in [0, 0.05) is 26.2 Å². The van der Waals surface area contributed by atoms with Crippen molar-refractivity contribution in [2.45, 2.75) is 54.1 Å². The maximum atomic E-state index is 3.48. The van der Waals surface area contributed by atoms with Crippen LogP contribution in [0.25, 0.3) is 0 Å². The first kappa shape index (κ1) is 18.2. The highest BCUT2D eigenvalue weighted by atomic mass is 15.1. The van der Waals surface area contributed by atoms with Crippen molar-refractivity contribution in [3.8, 4) is 0 Å². The largest absolute Gasteiger partial charge is 0.313 e. The van der Waals surface area contributed by atoms with E-state index in [1.807, 2.05) is 0 Å². The third-order valence-corrected chi connectivity index (χ3v) is 3.40. The van der Waals surface area contributed by atoms with Crippen molar-refractivity contribution >= 4 is 0 Å². The molecule has 0 unspecified atom stereocenters. The molecule has 0 bridgehead atoms. The minimum absolute atomic E-state index is 0.721. The van der Waals surface area contributed by atoms with Crippen molar-refractivity contribution < 1.29 is 0 Å². The zero-order chi connectivity index (χ0) is 15.7. The summed E-state index contributed by atoms with van der Waals surface area (Å²) < 4.78 is 0. The Bertz CT molecular complexity index is 375. The van der Waals surface area contributed by atoms with Gasteiger partial charge in [-0.25, -0.2) is 0 Å². The molecule has 0 saturated carbocycles. The highest BCUT2D eigenvalue weighted by Gasteiger charge is 2.10. The molecular weight excluding hydrogens is 256 g/mol. The van der Waals surface area contributed by atoms with Crippen LogP contribution in [0.1, 0.15) is 52.2 Å². The number of nitrogens with zero attached hydrogens (tertiary/aromatic N) is 1. The minimum Gasteiger partial charge on any atom is -0.313 e. The molecule has 1 aromatic carbocycles. The molecule has 1 aromatic rings. The van der Waals surface area contributed by atoms with Gasteiger partial charge in [-0.1, -0.05) is 58.9 Å². The number of benzene rings is 1. The Balaban J connectivity index is 2.62. The van der Waals surface area contributed by atoms with Gasteiger partial charge in [0.25, 0.3) is 0 Å². The second-order valence-corrected chi connectivity index (χ2v) is 6.98. The van der Waals surface area contributed by atoms with E-state index in [9.17, 15) is 0 Å². The van der Waals surface area contributed by atoms with Gasteiger partial charge in [0.2, 0.25) is 0 Å². The van der Waals surface area contributed by atoms with Crippen molar-refractivity contribution in [2.24, 2.45) is 11.8 Å². The fourth-order valence-corrected chi connectivity index (χ4v) is 2.74. The standard InChI is InChI=1S/C19H34N2/c1-6-10-20-12-18-8-7-9-19(11-18)15-21(13-16(2)3)14-17(4)5/h7-9,11,16-17,20H,6,10,12-15H2,1-5H3. The first-order valence-electron chi connectivity index (χ1n) is 8.52. The van der Waals surface area contributed by atoms with Crippen LogP contribution in [0, 0.1) is 11.8 Å². The molecule has 0 heterocycles. The Kier molecular flexibility index (Phi) is 8.63. The van der Waals surface area contributed by atoms with E-state index < -0.39 is 0 Å². The summed E-state index contributed by atoms with van der Waals surface area (Å²) in [6.45, 7) is 16.9. The lowest BCUT2D eigenvalue weighted by atomic mass is 10.1. The maximum Gasteiger partial charge on any atom is 0.0234 e. The van der Waals surface area contributed by atoms with Gasteiger partial charge in [0.1, 0.15) is 0 Å². The molecule has 21 heavy (non-hydrogen) atoms. The molecule has 0 spiro atoms. The van der Waals surface area contributed by atoms with Crippen LogP contribution < -0.4 is 5.32 Å². The molecule has 2 nitrogen and oxygen atoms in total. The zero-order valence-corrected chi connectivity index (χ0v) is 14.7. The molecular formula is C19H34N2. The predicted octanol–water partition coefficient (Wildman–Crippen LogP) is 4.30. The zero-order valence-electron chi connectivity index (χ0n) is 14.7. The molecule has 0 saturated heterocycles. The molecule has 0 aromatic heterocycles. The highest BCUT2D eigenvalue weighted by Crippen LogP contribution is 2.12. The molecule has 120 valence electrons. The predicted molar refractivity (Wildman–Crippen MR) is 93.4 cm³/mol. The normalized spacial score (nSPS) is 11.8. The first-order valence-corrected chi connectivity index (χ1v) is 8.52. The summed E-state index contributed by atoms with van der Waals surface area (Å²) in [5, 5.41) is 3.48. The van der Waals surface area contributed by atoms with Gasteiger partial charge in [-0.3, -0.25) is 4.90 Å². The third-order valence-electron chi connectivity index (χ3n) is 3.40. The Labute approximate surface area is 131 Å². The Hall–Kier alpha value is -0.860. The molecule has 0 radical (unpaired) electrons. The van der Waals surface area contributed by atoms with Gasteiger partial charge in [-0.05, 0) is 35.9 Å². The molecule has 0 aliphatic carbocycles. The van der Waals surface area contributed by atoms with Crippen LogP contribution in [-0.4, -0.2) is 24.5 Å². The van der Waals surface area contributed by atoms with Crippen molar-refractivity contribution in [1.29, 1.82) is 0 Å². The van der Waals surface area contributed by atoms with Crippen molar-refractivity contribution in [3.05, 3.63) is 35.4 Å². The molecule has 0 aliphatic rings. The van der Waals surface area contributed by atoms with Gasteiger partial charge >= 0.3 is 0 Å². The monoisotopic (exact) mass is 290 g/mol. The molecule has 0 fully saturated rings. The van der Waals surface area contributed by atoms with Crippen LogP contribution in [0.3, 0.4) is 0 Å². The van der Waals surface area contributed by atoms with Crippen LogP contribution in [-0.2, 0) is 13.1 Å². The molecule has 0 amide bonds. The summed E-state index contributed by atoms with van der Waals surface area (Å²) >= 11 is 0. The van der Waals surface area contributed by atoms with Gasteiger partial charge < -0.3 is 5.32 Å². The Morgan fingerprint density at radius 3 is 2.19 bits per heavy atom. The third kappa shape index (κ3) is 8.23. The topological polar surface area (TPSA) is 15.3 Å². The van der Waals surface area contributed by atoms with Crippen LogP contribution in [0.15, 0.2) is 24.3 Å². The van der Waals surface area contributed by atoms with E-state index in [-0.39, 0.29) is 0 Å². The van der Waals surface area contributed by atoms with Gasteiger partial charge in [-0.15, -0.1) is 0 Å². The molecule has 2 heteroatoms. The van der Waals surface area contributed by atoms with E-state index in [2.05, 4.69) is 69.1 Å². The second-order valence-electron chi connectivity index (χ2n) is 6.98. The van der Waals surface area contributed by atoms with Crippen molar-refractivity contribution in [3.63, 3.8) is 0 Å². The summed E-state index contributed by atoms with van der Waals surface area (Å²) in [7, 11) is 0. The minimum atomic E-state index is 0.721. The lowest BCUT2D eigenvalue weighted by Crippen LogP contribution is -2.31. The van der Waals surface area contributed by atoms with E-state index in [1.54, 1.807) is 0 Å². The number of hydrogen-bond acceptors (Lipinski definition) is 2. The average Bonchev–Trinajstić information content (AvgIpc) is 2.38. The summed E-state index contributed by atoms with van der Waals surface area (Å²) in [6.07, 6.45) is 1.19. The van der Waals surface area contributed by atoms with Gasteiger partial charge in [0.05, 0.1) is 0 Å². The number of nitrogens with one attached hydrogen (secondary N) is 1. The maximum absolute atomic E-state index is 3.48. The Morgan fingerprint density at radius 2 is 1.62 bits per heavy atom. The van der Waals surface area contributed by atoms with Crippen LogP contribution in [0.5, 0.6) is 0 Å². The van der Waals surface area contributed by atoms with E-state index >= 15 is 0 Å². The van der Waals surface area contributed by atoms with Gasteiger partial charge in [0.15, 0.2) is 0 Å². The van der Waals surface area contributed by atoms with E-state index in [0.29, 0.717) is 0 Å². The quantitative estimate of drug-likeness (QED) is 0.646. The lowest BCUT2D eigenvalue weighted by Gasteiger charge is -2.26. The van der Waals surface area contributed by atoms with Crippen molar-refractivity contribution in [1.82, 2.24) is 10.2 Å². The van der Waals surface area contributed by atoms with Crippen LogP contribution >= 0.6 is 0 Å². The van der Waals surface area contributed by atoms with Crippen LogP contribution in [0.2, 0.25) is 0 Å². The second kappa shape index (κ2) is 9.97. The van der Waals surface area contributed by atoms with E-state index in [0.717, 1.165) is 31.5 Å². The van der Waals surface area contributed by atoms with Crippen molar-refractivity contribution in [2.75, 3.05) is 19.6 Å². The molecule has 0 aliphatic heterocycles. The fourth-order valence-electron chi connectivity index (χ4n) is 2.74. The van der Waals surface area contributed by atoms with E-state index in [4.69, 9.17) is 0 Å². The lowest BCUT2D eigenvalue weighted by molar-refractivity contribution is 0.211. The summed E-state index contributed by atoms with van der Waals surface area (Å²) in [4.78, 5) is 2.59. The summed E-state index contributed by atoms with van der Waals surface area (Å²) in [6, 6.07) is 9.04. The Morgan fingerprint density at radius 1 is 1.00 bits per heavy atom. The van der Waals surface area contributed by atoms with Crippen LogP contribution in [0.4, 0.5) is 0 Å². The summed E-state index contributed by atoms with van der Waals surface area (Å²) in [5.74, 6) is 1.44. The molecule has 0 atom stereocenters. The number of hydrogen-bond donors (Lipinski definition) is 1. The highest BCUT2D eigenvalue weighted by molar-refractivity contribution is 5.23. The number of rotatable bonds is 10. The molecule has 1 N–H and O–H groups in total. The fraction of sp³-hybridized carbons (Fsp3) is 0.684. The molecule has 1 rings (SSSR count). The smallest absolute Gasteiger partial charge is 0.0234 e. The SMILES string of the molecule is CCCNCc1cccc(CN(CC(C)C)CC(C)C)c1. The first-order chi connectivity index (χ1) is 10.0. The average molecular weight is 290 g/mol. The summed E-state index contributed by atoms with van der Waals surface area (Å²) in [5.41, 5.74) is 2.84. The van der Waals surface area contributed by atoms with E-state index in [1.165, 1.54) is 30.6 Å². The van der Waals surface area contributed by atoms with Gasteiger partial charge in [-0.2, -0.15) is 0 Å².